The molecule has 9 heteroatoms. The highest BCUT2D eigenvalue weighted by molar-refractivity contribution is 7.11. The predicted molar refractivity (Wildman–Crippen MR) is 86.6 cm³/mol. The lowest BCUT2D eigenvalue weighted by Gasteiger charge is -2.13. The molecule has 0 fully saturated rings. The number of amides is 1. The van der Waals surface area contributed by atoms with Gasteiger partial charge in [0, 0.05) is 5.38 Å². The Morgan fingerprint density at radius 2 is 1.96 bits per heavy atom. The smallest absolute Gasteiger partial charge is 0.418 e. The standard InChI is InChI=1S/C16H15F3N2O3S/c1-9(2)12-8-25-14(21-12)15(23)24-7-13(22)20-11-6-4-3-5-10(11)16(17,18)19/h3-6,8-9H,7H2,1-2H3,(H,20,22). The van der Waals surface area contributed by atoms with Crippen molar-refractivity contribution < 1.29 is 27.5 Å². The molecule has 0 aliphatic carbocycles. The lowest BCUT2D eigenvalue weighted by atomic mass is 10.1. The first-order valence-corrected chi connectivity index (χ1v) is 8.15. The number of aromatic nitrogens is 1. The zero-order valence-corrected chi connectivity index (χ0v) is 14.2. The molecule has 0 atom stereocenters. The van der Waals surface area contributed by atoms with Crippen LogP contribution in [0.25, 0.3) is 0 Å². The maximum absolute atomic E-state index is 12.9. The Morgan fingerprint density at radius 1 is 1.28 bits per heavy atom. The van der Waals surface area contributed by atoms with Gasteiger partial charge in [-0.05, 0) is 18.1 Å². The van der Waals surface area contributed by atoms with Gasteiger partial charge in [-0.2, -0.15) is 13.2 Å². The van der Waals surface area contributed by atoms with Gasteiger partial charge in [0.2, 0.25) is 5.01 Å². The second-order valence-corrected chi connectivity index (χ2v) is 6.26. The van der Waals surface area contributed by atoms with Gasteiger partial charge in [-0.1, -0.05) is 26.0 Å². The minimum Gasteiger partial charge on any atom is -0.450 e. The maximum Gasteiger partial charge on any atom is 0.418 e. The van der Waals surface area contributed by atoms with E-state index in [-0.39, 0.29) is 10.9 Å². The largest absolute Gasteiger partial charge is 0.450 e. The van der Waals surface area contributed by atoms with Crippen LogP contribution in [0.15, 0.2) is 29.6 Å². The molecule has 1 aromatic carbocycles. The molecule has 0 saturated carbocycles. The maximum atomic E-state index is 12.9. The number of esters is 1. The summed E-state index contributed by atoms with van der Waals surface area (Å²) in [7, 11) is 0. The number of hydrogen-bond donors (Lipinski definition) is 1. The van der Waals surface area contributed by atoms with Crippen molar-refractivity contribution in [2.45, 2.75) is 25.9 Å². The van der Waals surface area contributed by atoms with E-state index in [9.17, 15) is 22.8 Å². The highest BCUT2D eigenvalue weighted by Crippen LogP contribution is 2.34. The van der Waals surface area contributed by atoms with E-state index >= 15 is 0 Å². The average molecular weight is 372 g/mol. The molecular weight excluding hydrogens is 357 g/mol. The number of thiazole rings is 1. The van der Waals surface area contributed by atoms with E-state index in [4.69, 9.17) is 4.74 Å². The second-order valence-electron chi connectivity index (χ2n) is 5.40. The topological polar surface area (TPSA) is 68.3 Å². The molecule has 5 nitrogen and oxygen atoms in total. The zero-order chi connectivity index (χ0) is 18.6. The van der Waals surface area contributed by atoms with Gasteiger partial charge in [-0.15, -0.1) is 11.3 Å². The van der Waals surface area contributed by atoms with Gasteiger partial charge in [0.15, 0.2) is 6.61 Å². The quantitative estimate of drug-likeness (QED) is 0.803. The van der Waals surface area contributed by atoms with Crippen LogP contribution in [0.4, 0.5) is 18.9 Å². The molecular formula is C16H15F3N2O3S. The number of carbonyl (C=O) groups excluding carboxylic acids is 2. The van der Waals surface area contributed by atoms with E-state index in [1.165, 1.54) is 12.1 Å². The Hall–Kier alpha value is -2.42. The van der Waals surface area contributed by atoms with Crippen LogP contribution >= 0.6 is 11.3 Å². The summed E-state index contributed by atoms with van der Waals surface area (Å²) < 4.78 is 43.4. The number of benzene rings is 1. The Morgan fingerprint density at radius 3 is 2.56 bits per heavy atom. The minimum absolute atomic E-state index is 0.0900. The summed E-state index contributed by atoms with van der Waals surface area (Å²) in [5.74, 6) is -1.53. The molecule has 0 aliphatic heterocycles. The average Bonchev–Trinajstić information content (AvgIpc) is 3.02. The minimum atomic E-state index is -4.60. The van der Waals surface area contributed by atoms with Crippen molar-refractivity contribution in [1.82, 2.24) is 4.98 Å². The molecule has 1 aromatic heterocycles. The highest BCUT2D eigenvalue weighted by Gasteiger charge is 2.33. The Labute approximate surface area is 145 Å². The van der Waals surface area contributed by atoms with Crippen molar-refractivity contribution in [3.63, 3.8) is 0 Å². The number of para-hydroxylation sites is 1. The highest BCUT2D eigenvalue weighted by atomic mass is 32.1. The lowest BCUT2D eigenvalue weighted by Crippen LogP contribution is -2.22. The van der Waals surface area contributed by atoms with Crippen LogP contribution in [0.3, 0.4) is 0 Å². The van der Waals surface area contributed by atoms with Crippen LogP contribution in [0.2, 0.25) is 0 Å². The summed E-state index contributed by atoms with van der Waals surface area (Å²) >= 11 is 1.08. The van der Waals surface area contributed by atoms with Gasteiger partial charge in [0.05, 0.1) is 16.9 Å². The van der Waals surface area contributed by atoms with Gasteiger partial charge in [-0.25, -0.2) is 9.78 Å². The Kier molecular flexibility index (Phi) is 5.78. The number of carbonyl (C=O) groups is 2. The molecule has 25 heavy (non-hydrogen) atoms. The molecule has 134 valence electrons. The SMILES string of the molecule is CC(C)c1csc(C(=O)OCC(=O)Nc2ccccc2C(F)(F)F)n1. The number of rotatable bonds is 5. The first-order valence-electron chi connectivity index (χ1n) is 7.27. The normalized spacial score (nSPS) is 11.4. The Bertz CT molecular complexity index is 772. The molecule has 1 amide bonds. The molecule has 0 bridgehead atoms. The van der Waals surface area contributed by atoms with Crippen LogP contribution in [-0.4, -0.2) is 23.5 Å². The molecule has 0 unspecified atom stereocenters. The second kappa shape index (κ2) is 7.64. The third-order valence-electron chi connectivity index (χ3n) is 3.13. The molecule has 0 radical (unpaired) electrons. The number of ether oxygens (including phenoxy) is 1. The van der Waals surface area contributed by atoms with E-state index in [1.54, 1.807) is 5.38 Å². The monoisotopic (exact) mass is 372 g/mol. The summed E-state index contributed by atoms with van der Waals surface area (Å²) in [6.45, 7) is 3.12. The fraction of sp³-hybridized carbons (Fsp3) is 0.312. The van der Waals surface area contributed by atoms with E-state index in [0.29, 0.717) is 0 Å². The van der Waals surface area contributed by atoms with Gasteiger partial charge in [-0.3, -0.25) is 4.79 Å². The third kappa shape index (κ3) is 5.02. The van der Waals surface area contributed by atoms with Gasteiger partial charge in [0.1, 0.15) is 0 Å². The molecule has 0 aliphatic rings. The van der Waals surface area contributed by atoms with Crippen molar-refractivity contribution in [3.8, 4) is 0 Å². The fourth-order valence-electron chi connectivity index (χ4n) is 1.86. The van der Waals surface area contributed by atoms with Crippen molar-refractivity contribution in [2.75, 3.05) is 11.9 Å². The van der Waals surface area contributed by atoms with Crippen molar-refractivity contribution in [1.29, 1.82) is 0 Å². The zero-order valence-electron chi connectivity index (χ0n) is 13.4. The summed E-state index contributed by atoms with van der Waals surface area (Å²) in [5, 5.41) is 3.89. The van der Waals surface area contributed by atoms with Crippen LogP contribution in [-0.2, 0) is 15.7 Å². The van der Waals surface area contributed by atoms with Crippen LogP contribution in [0.5, 0.6) is 0 Å². The molecule has 0 spiro atoms. The number of anilines is 1. The molecule has 1 heterocycles. The predicted octanol–water partition coefficient (Wildman–Crippen LogP) is 4.08. The first-order chi connectivity index (χ1) is 11.7. The first kappa shape index (κ1) is 18.9. The van der Waals surface area contributed by atoms with E-state index in [0.717, 1.165) is 29.2 Å². The number of nitrogens with one attached hydrogen (secondary N) is 1. The van der Waals surface area contributed by atoms with Crippen molar-refractivity contribution in [3.05, 3.63) is 45.9 Å². The van der Waals surface area contributed by atoms with Crippen LogP contribution < -0.4 is 5.32 Å². The van der Waals surface area contributed by atoms with Crippen molar-refractivity contribution in [2.24, 2.45) is 0 Å². The van der Waals surface area contributed by atoms with Crippen molar-refractivity contribution >= 4 is 28.9 Å². The summed E-state index contributed by atoms with van der Waals surface area (Å²) in [4.78, 5) is 27.7. The lowest BCUT2D eigenvalue weighted by molar-refractivity contribution is -0.137. The number of halogens is 3. The van der Waals surface area contributed by atoms with Gasteiger partial charge >= 0.3 is 12.1 Å². The number of hydrogen-bond acceptors (Lipinski definition) is 5. The summed E-state index contributed by atoms with van der Waals surface area (Å²) in [6, 6.07) is 4.55. The molecule has 0 saturated heterocycles. The van der Waals surface area contributed by atoms with Crippen LogP contribution in [0.1, 0.15) is 40.8 Å². The number of alkyl halides is 3. The molecule has 2 aromatic rings. The molecule has 1 N–H and O–H groups in total. The van der Waals surface area contributed by atoms with E-state index in [2.05, 4.69) is 10.3 Å². The molecule has 2 rings (SSSR count). The Balaban J connectivity index is 1.96. The van der Waals surface area contributed by atoms with Crippen LogP contribution in [0, 0.1) is 0 Å². The van der Waals surface area contributed by atoms with Gasteiger partial charge in [0.25, 0.3) is 5.91 Å². The number of nitrogens with zero attached hydrogens (tertiary/aromatic N) is 1. The fourth-order valence-corrected chi connectivity index (χ4v) is 2.73. The summed E-state index contributed by atoms with van der Waals surface area (Å²) in [5.41, 5.74) is -0.649. The van der Waals surface area contributed by atoms with E-state index in [1.807, 2.05) is 13.8 Å². The third-order valence-corrected chi connectivity index (χ3v) is 3.97. The van der Waals surface area contributed by atoms with E-state index < -0.39 is 35.9 Å². The summed E-state index contributed by atoms with van der Waals surface area (Å²) in [6.07, 6.45) is -4.60. The van der Waals surface area contributed by atoms with Gasteiger partial charge < -0.3 is 10.1 Å².